The number of carboxylic acids is 1. The number of sulfonamides is 1. The van der Waals surface area contributed by atoms with E-state index in [2.05, 4.69) is 4.98 Å². The molecule has 3 rings (SSSR count). The summed E-state index contributed by atoms with van der Waals surface area (Å²) in [6.07, 6.45) is -0.652. The molecule has 8 nitrogen and oxygen atoms in total. The van der Waals surface area contributed by atoms with Crippen molar-refractivity contribution < 1.29 is 41.0 Å². The Kier molecular flexibility index (Phi) is 8.06. The van der Waals surface area contributed by atoms with Gasteiger partial charge in [-0.15, -0.1) is 0 Å². The Morgan fingerprint density at radius 2 is 2.00 bits per heavy atom. The molecule has 0 aromatic carbocycles. The number of hydrogen-bond donors (Lipinski definition) is 1. The second kappa shape index (κ2) is 9.92. The highest BCUT2D eigenvalue weighted by Gasteiger charge is 2.44. The van der Waals surface area contributed by atoms with E-state index in [1.165, 1.54) is 0 Å². The third-order valence-corrected chi connectivity index (χ3v) is 7.01. The van der Waals surface area contributed by atoms with Crippen LogP contribution in [0.3, 0.4) is 0 Å². The van der Waals surface area contributed by atoms with Crippen molar-refractivity contribution in [3.8, 4) is 5.88 Å². The van der Waals surface area contributed by atoms with Gasteiger partial charge in [-0.3, -0.25) is 0 Å². The molecule has 2 aliphatic rings. The second-order valence-corrected chi connectivity index (χ2v) is 9.48. The van der Waals surface area contributed by atoms with Crippen LogP contribution in [-0.4, -0.2) is 73.1 Å². The number of aliphatic carboxylic acids is 1. The fourth-order valence-corrected chi connectivity index (χ4v) is 4.49. The first kappa shape index (κ1) is 24.4. The number of nitrogens with zero attached hydrogens (tertiary/aromatic N) is 2. The Morgan fingerprint density at radius 1 is 1.37 bits per heavy atom. The molecule has 1 spiro atoms. The smallest absolute Gasteiger partial charge is 0.475 e. The summed E-state index contributed by atoms with van der Waals surface area (Å²) in [7, 11) is -3.07. The number of hydrogen-bond acceptors (Lipinski definition) is 6. The van der Waals surface area contributed by atoms with Crippen molar-refractivity contribution in [1.82, 2.24) is 9.29 Å². The molecule has 12 heteroatoms. The van der Waals surface area contributed by atoms with E-state index in [4.69, 9.17) is 19.4 Å². The van der Waals surface area contributed by atoms with Gasteiger partial charge in [-0.05, 0) is 37.7 Å². The Hall–Kier alpha value is -1.92. The number of rotatable bonds is 5. The Bertz CT molecular complexity index is 796. The third kappa shape index (κ3) is 6.81. The molecule has 2 saturated heterocycles. The van der Waals surface area contributed by atoms with Crippen LogP contribution in [0.5, 0.6) is 5.88 Å². The normalized spacial score (nSPS) is 21.7. The second-order valence-electron chi connectivity index (χ2n) is 7.22. The van der Waals surface area contributed by atoms with Gasteiger partial charge in [0, 0.05) is 25.4 Å². The molecule has 2 fully saturated rings. The molecule has 3 heterocycles. The van der Waals surface area contributed by atoms with Gasteiger partial charge in [0.1, 0.15) is 6.61 Å². The summed E-state index contributed by atoms with van der Waals surface area (Å²) in [5.74, 6) is -1.97. The van der Waals surface area contributed by atoms with Gasteiger partial charge in [-0.1, -0.05) is 6.07 Å². The highest BCUT2D eigenvalue weighted by Crippen LogP contribution is 2.42. The molecular weight excluding hydrogens is 429 g/mol. The minimum Gasteiger partial charge on any atom is -0.475 e. The van der Waals surface area contributed by atoms with Gasteiger partial charge in [0.15, 0.2) is 0 Å². The molecule has 0 radical (unpaired) electrons. The lowest BCUT2D eigenvalue weighted by Gasteiger charge is -2.37. The number of halogens is 3. The Labute approximate surface area is 173 Å². The first-order valence-corrected chi connectivity index (χ1v) is 11.0. The molecule has 0 bridgehead atoms. The lowest BCUT2D eigenvalue weighted by Crippen LogP contribution is -2.44. The maximum Gasteiger partial charge on any atom is 0.490 e. The van der Waals surface area contributed by atoms with E-state index >= 15 is 0 Å². The van der Waals surface area contributed by atoms with Crippen LogP contribution in [0.4, 0.5) is 13.2 Å². The minimum atomic E-state index is -5.08. The maximum absolute atomic E-state index is 11.9. The fraction of sp³-hybridized carbons (Fsp3) is 0.667. The summed E-state index contributed by atoms with van der Waals surface area (Å²) < 4.78 is 68.8. The van der Waals surface area contributed by atoms with Crippen molar-refractivity contribution >= 4 is 16.0 Å². The van der Waals surface area contributed by atoms with Gasteiger partial charge in [0.2, 0.25) is 15.9 Å². The minimum absolute atomic E-state index is 0.0614. The van der Waals surface area contributed by atoms with E-state index in [9.17, 15) is 21.6 Å². The number of piperidine rings is 1. The van der Waals surface area contributed by atoms with E-state index in [0.717, 1.165) is 19.3 Å². The predicted molar refractivity (Wildman–Crippen MR) is 100 cm³/mol. The van der Waals surface area contributed by atoms with Crippen LogP contribution in [0.2, 0.25) is 0 Å². The average Bonchev–Trinajstić information content (AvgIpc) is 3.10. The topological polar surface area (TPSA) is 106 Å². The quantitative estimate of drug-likeness (QED) is 0.728. The highest BCUT2D eigenvalue weighted by atomic mass is 32.2. The monoisotopic (exact) mass is 454 g/mol. The summed E-state index contributed by atoms with van der Waals surface area (Å²) >= 11 is 0. The molecule has 1 unspecified atom stereocenters. The molecular formula is C18H25F3N2O6S. The molecule has 1 aromatic heterocycles. The van der Waals surface area contributed by atoms with Crippen molar-refractivity contribution in [1.29, 1.82) is 0 Å². The molecule has 0 saturated carbocycles. The molecule has 1 atom stereocenters. The summed E-state index contributed by atoms with van der Waals surface area (Å²) in [6.45, 7) is 4.10. The van der Waals surface area contributed by atoms with Crippen LogP contribution < -0.4 is 4.74 Å². The average molecular weight is 454 g/mol. The summed E-state index contributed by atoms with van der Waals surface area (Å²) in [5.41, 5.74) is 0.109. The van der Waals surface area contributed by atoms with Crippen LogP contribution in [0.15, 0.2) is 24.4 Å². The van der Waals surface area contributed by atoms with Gasteiger partial charge in [0.05, 0.1) is 18.5 Å². The lowest BCUT2D eigenvalue weighted by molar-refractivity contribution is -0.192. The molecule has 1 aromatic rings. The van der Waals surface area contributed by atoms with Crippen molar-refractivity contribution in [2.24, 2.45) is 5.41 Å². The zero-order chi connectivity index (χ0) is 22.4. The van der Waals surface area contributed by atoms with Crippen LogP contribution >= 0.6 is 0 Å². The zero-order valence-corrected chi connectivity index (χ0v) is 17.3. The summed E-state index contributed by atoms with van der Waals surface area (Å²) in [5, 5.41) is 7.12. The molecule has 0 amide bonds. The molecule has 0 aliphatic carbocycles. The van der Waals surface area contributed by atoms with Gasteiger partial charge < -0.3 is 14.6 Å². The van der Waals surface area contributed by atoms with E-state index in [0.29, 0.717) is 32.2 Å². The van der Waals surface area contributed by atoms with Crippen LogP contribution in [0.25, 0.3) is 0 Å². The molecule has 2 aliphatic heterocycles. The van der Waals surface area contributed by atoms with E-state index in [1.807, 2.05) is 18.2 Å². The molecule has 1 N–H and O–H groups in total. The maximum atomic E-state index is 11.9. The van der Waals surface area contributed by atoms with Crippen molar-refractivity contribution in [2.75, 3.05) is 32.1 Å². The first-order chi connectivity index (χ1) is 14.0. The number of ether oxygens (including phenoxy) is 2. The number of aromatic nitrogens is 1. The van der Waals surface area contributed by atoms with Crippen LogP contribution in [0, 0.1) is 5.41 Å². The first-order valence-electron chi connectivity index (χ1n) is 9.41. The molecule has 30 heavy (non-hydrogen) atoms. The Balaban J connectivity index is 0.000000396. The number of carboxylic acid groups (broad SMARTS) is 1. The van der Waals surface area contributed by atoms with Gasteiger partial charge in [-0.25, -0.2) is 22.5 Å². The van der Waals surface area contributed by atoms with E-state index in [1.54, 1.807) is 17.4 Å². The van der Waals surface area contributed by atoms with Gasteiger partial charge in [-0.2, -0.15) is 13.2 Å². The van der Waals surface area contributed by atoms with Gasteiger partial charge in [0.25, 0.3) is 0 Å². The van der Waals surface area contributed by atoms with Crippen molar-refractivity contribution in [3.05, 3.63) is 24.4 Å². The largest absolute Gasteiger partial charge is 0.490 e. The number of alkyl halides is 3. The highest BCUT2D eigenvalue weighted by molar-refractivity contribution is 7.89. The summed E-state index contributed by atoms with van der Waals surface area (Å²) in [6, 6.07) is 5.58. The van der Waals surface area contributed by atoms with E-state index < -0.39 is 22.2 Å². The van der Waals surface area contributed by atoms with Gasteiger partial charge >= 0.3 is 12.1 Å². The third-order valence-electron chi connectivity index (χ3n) is 5.12. The van der Waals surface area contributed by atoms with Crippen molar-refractivity contribution in [3.63, 3.8) is 0 Å². The van der Waals surface area contributed by atoms with E-state index in [-0.39, 0.29) is 17.3 Å². The SMILES string of the molecule is CCS(=O)(=O)N1CCC2(CC1)COC(COc1ccccn1)C2.O=C(O)C(F)(F)F. The fourth-order valence-electron chi connectivity index (χ4n) is 3.38. The standard InChI is InChI=1S/C16H24N2O4S.C2HF3O2/c1-2-23(19,20)18-9-6-16(7-10-18)11-14(22-13-16)12-21-15-5-3-4-8-17-15;3-2(4,5)1(6)7/h3-5,8,14H,2,6-7,9-13H2,1H3;(H,6,7). The number of carbonyl (C=O) groups is 1. The Morgan fingerprint density at radius 3 is 2.50 bits per heavy atom. The zero-order valence-electron chi connectivity index (χ0n) is 16.5. The summed E-state index contributed by atoms with van der Waals surface area (Å²) in [4.78, 5) is 13.0. The van der Waals surface area contributed by atoms with Crippen LogP contribution in [-0.2, 0) is 19.6 Å². The van der Waals surface area contributed by atoms with Crippen molar-refractivity contribution in [2.45, 2.75) is 38.5 Å². The predicted octanol–water partition coefficient (Wildman–Crippen LogP) is 2.31. The van der Waals surface area contributed by atoms with Crippen LogP contribution in [0.1, 0.15) is 26.2 Å². The lowest BCUT2D eigenvalue weighted by atomic mass is 9.77. The number of pyridine rings is 1. The molecule has 170 valence electrons.